The molecule has 124 valence electrons. The first kappa shape index (κ1) is 18.6. The van der Waals surface area contributed by atoms with Crippen molar-refractivity contribution in [3.8, 4) is 5.75 Å². The molecule has 0 aliphatic heterocycles. The fraction of sp³-hybridized carbons (Fsp3) is 0.364. The number of carbonyl (C=O) groups excluding carboxylic acids is 1. The largest absolute Gasteiger partial charge is 0.478 e. The van der Waals surface area contributed by atoms with Gasteiger partial charge in [-0.2, -0.15) is 8.42 Å². The Morgan fingerprint density at radius 2 is 1.91 bits per heavy atom. The maximum Gasteiger partial charge on any atom is 0.478 e. The molecule has 0 fully saturated rings. The fourth-order valence-corrected chi connectivity index (χ4v) is 3.24. The third kappa shape index (κ3) is 4.52. The molecule has 11 heteroatoms. The summed E-state index contributed by atoms with van der Waals surface area (Å²) in [4.78, 5) is 16.2. The molecule has 0 aliphatic carbocycles. The lowest BCUT2D eigenvalue weighted by atomic mass is 10.2. The van der Waals surface area contributed by atoms with Crippen molar-refractivity contribution in [3.05, 3.63) is 29.8 Å². The second-order valence-electron chi connectivity index (χ2n) is 4.28. The van der Waals surface area contributed by atoms with Gasteiger partial charge in [-0.25, -0.2) is 9.36 Å². The lowest BCUT2D eigenvalue weighted by Gasteiger charge is -2.18. The summed E-state index contributed by atoms with van der Waals surface area (Å²) < 4.78 is 53.4. The van der Waals surface area contributed by atoms with Gasteiger partial charge < -0.3 is 9.26 Å². The molecule has 0 aromatic heterocycles. The molecule has 1 rings (SSSR count). The summed E-state index contributed by atoms with van der Waals surface area (Å²) in [5.41, 5.74) is -0.155. The van der Waals surface area contributed by atoms with E-state index in [0.29, 0.717) is 0 Å². The van der Waals surface area contributed by atoms with Crippen molar-refractivity contribution in [1.82, 2.24) is 5.25 Å². The highest BCUT2D eigenvalue weighted by Gasteiger charge is 2.41. The zero-order chi connectivity index (χ0) is 17.0. The maximum atomic E-state index is 12.2. The number of ether oxygens (including phenoxy) is 1. The summed E-state index contributed by atoms with van der Waals surface area (Å²) in [5, 5.41) is 1.60. The van der Waals surface area contributed by atoms with Gasteiger partial charge in [0.1, 0.15) is 11.3 Å². The molecule has 0 heterocycles. The van der Waals surface area contributed by atoms with E-state index in [1.54, 1.807) is 19.1 Å². The Hall–Kier alpha value is -1.45. The van der Waals surface area contributed by atoms with Crippen molar-refractivity contribution in [2.45, 2.75) is 20.0 Å². The molecule has 9 nitrogen and oxygen atoms in total. The van der Waals surface area contributed by atoms with Crippen LogP contribution >= 0.6 is 6.72 Å². The van der Waals surface area contributed by atoms with Gasteiger partial charge in [-0.15, -0.1) is 5.25 Å². The van der Waals surface area contributed by atoms with Crippen LogP contribution in [0.25, 0.3) is 0 Å². The summed E-state index contributed by atoms with van der Waals surface area (Å²) in [6.07, 6.45) is -0.425. The van der Waals surface area contributed by atoms with Gasteiger partial charge in [0, 0.05) is 0 Å². The zero-order valence-corrected chi connectivity index (χ0v) is 13.8. The summed E-state index contributed by atoms with van der Waals surface area (Å²) in [6, 6.07) is 5.39. The van der Waals surface area contributed by atoms with E-state index in [4.69, 9.17) is 13.8 Å². The van der Waals surface area contributed by atoms with Crippen LogP contribution in [-0.2, 0) is 23.9 Å². The normalized spacial score (nSPS) is 14.4. The average Bonchev–Trinajstić information content (AvgIpc) is 2.37. The van der Waals surface area contributed by atoms with Gasteiger partial charge in [0.05, 0.1) is 13.2 Å². The number of esters is 1. The van der Waals surface area contributed by atoms with Gasteiger partial charge in [0.2, 0.25) is 0 Å². The Morgan fingerprint density at radius 1 is 1.32 bits per heavy atom. The molecular formula is C11H16NO8PS. The van der Waals surface area contributed by atoms with Gasteiger partial charge in [0.25, 0.3) is 0 Å². The van der Waals surface area contributed by atoms with E-state index in [2.05, 4.69) is 4.84 Å². The second kappa shape index (κ2) is 7.21. The van der Waals surface area contributed by atoms with Crippen LogP contribution in [-0.4, -0.2) is 32.2 Å². The van der Waals surface area contributed by atoms with Crippen molar-refractivity contribution < 1.29 is 36.4 Å². The molecule has 1 atom stereocenters. The first-order chi connectivity index (χ1) is 10.1. The summed E-state index contributed by atoms with van der Waals surface area (Å²) in [5.74, 6) is -1.15. The smallest absolute Gasteiger partial charge is 0.459 e. The number of rotatable bonds is 7. The van der Waals surface area contributed by atoms with E-state index < -0.39 is 28.5 Å². The molecule has 0 spiro atoms. The molecule has 0 saturated carbocycles. The number of benzene rings is 1. The van der Waals surface area contributed by atoms with Gasteiger partial charge >= 0.3 is 22.4 Å². The summed E-state index contributed by atoms with van der Waals surface area (Å²) >= 11 is 0. The Kier molecular flexibility index (Phi) is 6.09. The number of hydrogen-bond donors (Lipinski definition) is 2. The number of para-hydroxylation sites is 1. The van der Waals surface area contributed by atoms with Crippen LogP contribution in [0.3, 0.4) is 0 Å². The fourth-order valence-electron chi connectivity index (χ4n) is 1.35. The lowest BCUT2D eigenvalue weighted by Crippen LogP contribution is -2.21. The summed E-state index contributed by atoms with van der Waals surface area (Å²) in [7, 11) is -4.16. The molecule has 0 saturated heterocycles. The lowest BCUT2D eigenvalue weighted by molar-refractivity contribution is 0.0375. The highest BCUT2D eigenvalue weighted by atomic mass is 32.8. The Balaban J connectivity index is 3.23. The summed E-state index contributed by atoms with van der Waals surface area (Å²) in [6.45, 7) is -1.63. The van der Waals surface area contributed by atoms with E-state index in [9.17, 15) is 17.8 Å². The molecule has 1 unspecified atom stereocenters. The van der Waals surface area contributed by atoms with Crippen LogP contribution in [0.2, 0.25) is 0 Å². The molecule has 0 amide bonds. The molecule has 22 heavy (non-hydrogen) atoms. The third-order valence-corrected chi connectivity index (χ3v) is 5.90. The van der Waals surface area contributed by atoms with Gasteiger partial charge in [0.15, 0.2) is 0 Å². The molecule has 1 aromatic carbocycles. The molecule has 1 aromatic rings. The van der Waals surface area contributed by atoms with Crippen molar-refractivity contribution in [1.29, 1.82) is 0 Å². The van der Waals surface area contributed by atoms with Crippen LogP contribution in [0, 0.1) is 0 Å². The SMILES string of the molecule is CONP(=O)(Oc1ccccc1C(=O)OC(C)C)S(=O)(=O)O. The maximum absolute atomic E-state index is 12.2. The minimum atomic E-state index is -5.15. The average molecular weight is 353 g/mol. The van der Waals surface area contributed by atoms with E-state index in [-0.39, 0.29) is 11.3 Å². The Morgan fingerprint density at radius 3 is 2.41 bits per heavy atom. The van der Waals surface area contributed by atoms with E-state index in [1.165, 1.54) is 24.3 Å². The van der Waals surface area contributed by atoms with Crippen molar-refractivity contribution >= 4 is 22.4 Å². The first-order valence-electron chi connectivity index (χ1n) is 5.98. The standard InChI is InChI=1S/C11H16NO8PS/c1-8(2)19-11(13)9-6-4-5-7-10(9)20-21(14,12-18-3)22(15,16)17/h4-8H,1-3H3,(H,12,14)(H,15,16,17). The van der Waals surface area contributed by atoms with Crippen LogP contribution < -0.4 is 9.77 Å². The second-order valence-corrected chi connectivity index (χ2v) is 9.36. The monoisotopic (exact) mass is 353 g/mol. The predicted molar refractivity (Wildman–Crippen MR) is 76.9 cm³/mol. The van der Waals surface area contributed by atoms with Gasteiger partial charge in [-0.05, 0) is 26.0 Å². The zero-order valence-electron chi connectivity index (χ0n) is 12.0. The van der Waals surface area contributed by atoms with Crippen molar-refractivity contribution in [2.75, 3.05) is 7.11 Å². The molecule has 0 aliphatic rings. The van der Waals surface area contributed by atoms with E-state index in [1.807, 2.05) is 0 Å². The Labute approximate surface area is 127 Å². The molecule has 2 N–H and O–H groups in total. The van der Waals surface area contributed by atoms with Crippen LogP contribution in [0.15, 0.2) is 24.3 Å². The number of carbonyl (C=O) groups is 1. The highest BCUT2D eigenvalue weighted by Crippen LogP contribution is 2.49. The molecule has 0 radical (unpaired) electrons. The minimum Gasteiger partial charge on any atom is -0.459 e. The minimum absolute atomic E-state index is 0.155. The number of nitrogens with one attached hydrogen (secondary N) is 1. The van der Waals surface area contributed by atoms with Crippen molar-refractivity contribution in [3.63, 3.8) is 0 Å². The van der Waals surface area contributed by atoms with Crippen LogP contribution in [0.5, 0.6) is 5.75 Å². The molecular weight excluding hydrogens is 337 g/mol. The highest BCUT2D eigenvalue weighted by molar-refractivity contribution is 8.47. The van der Waals surface area contributed by atoms with E-state index in [0.717, 1.165) is 7.11 Å². The number of hydrogen-bond acceptors (Lipinski definition) is 7. The van der Waals surface area contributed by atoms with E-state index >= 15 is 0 Å². The first-order valence-corrected chi connectivity index (χ1v) is 9.65. The third-order valence-electron chi connectivity index (χ3n) is 2.18. The van der Waals surface area contributed by atoms with Crippen LogP contribution in [0.4, 0.5) is 0 Å². The topological polar surface area (TPSA) is 128 Å². The van der Waals surface area contributed by atoms with Gasteiger partial charge in [-0.1, -0.05) is 12.1 Å². The van der Waals surface area contributed by atoms with Gasteiger partial charge in [-0.3, -0.25) is 9.39 Å². The Bertz CT molecular complexity index is 687. The quantitative estimate of drug-likeness (QED) is 0.326. The van der Waals surface area contributed by atoms with Crippen molar-refractivity contribution in [2.24, 2.45) is 0 Å². The molecule has 0 bridgehead atoms. The predicted octanol–water partition coefficient (Wildman–Crippen LogP) is 1.78. The van der Waals surface area contributed by atoms with Crippen LogP contribution in [0.1, 0.15) is 24.2 Å².